The normalized spacial score (nSPS) is 16.1. The van der Waals surface area contributed by atoms with Gasteiger partial charge in [0.2, 0.25) is 0 Å². The van der Waals surface area contributed by atoms with Gasteiger partial charge in [-0.1, -0.05) is 57.2 Å². The number of rotatable bonds is 16. The number of nitrogens with one attached hydrogen (secondary N) is 1. The maximum atomic E-state index is 13.5. The first-order valence-corrected chi connectivity index (χ1v) is 21.5. The number of hydrogen-bond acceptors (Lipinski definition) is 11. The highest BCUT2D eigenvalue weighted by Gasteiger charge is 2.40. The van der Waals surface area contributed by atoms with Gasteiger partial charge in [0, 0.05) is 5.69 Å². The van der Waals surface area contributed by atoms with Gasteiger partial charge in [-0.2, -0.15) is 16.8 Å². The van der Waals surface area contributed by atoms with Crippen molar-refractivity contribution in [1.82, 2.24) is 4.90 Å². The Labute approximate surface area is 334 Å². The van der Waals surface area contributed by atoms with Gasteiger partial charge in [0.05, 0.1) is 37.5 Å². The standard InChI is InChI=1S/C42H48N2O11S2/c1-6-51-56(47,48)26-24-30-8-16-36(17-9-30)54-38-28-44(29-39(38)55-37-18-10-31(11-19-37)25-27-57(49,50)52-7-2)41(46)40(45)43-33-14-22-35(23-15-33)53-34-20-12-32(13-21-34)42(3,4)5/h8-24,26,38-39H,6-7,25,27-29H2,1-5H3,(H,43,45)/b26-24+/t38-,39-/m1/s1. The van der Waals surface area contributed by atoms with Gasteiger partial charge in [0.25, 0.3) is 20.2 Å². The molecule has 0 saturated carbocycles. The summed E-state index contributed by atoms with van der Waals surface area (Å²) in [6, 6.07) is 28.1. The Bertz CT molecular complexity index is 2220. The third-order valence-corrected chi connectivity index (χ3v) is 11.1. The number of likely N-dealkylation sites (tertiary alicyclic amines) is 1. The molecule has 0 aromatic heterocycles. The molecule has 0 bridgehead atoms. The van der Waals surface area contributed by atoms with E-state index in [1.807, 2.05) is 24.3 Å². The molecular weight excluding hydrogens is 773 g/mol. The van der Waals surface area contributed by atoms with Gasteiger partial charge in [0.15, 0.2) is 12.2 Å². The first-order valence-electron chi connectivity index (χ1n) is 18.5. The van der Waals surface area contributed by atoms with E-state index in [-0.39, 0.29) is 43.9 Å². The Kier molecular flexibility index (Phi) is 14.2. The second-order valence-corrected chi connectivity index (χ2v) is 17.5. The molecule has 0 radical (unpaired) electrons. The van der Waals surface area contributed by atoms with Gasteiger partial charge < -0.3 is 24.4 Å². The van der Waals surface area contributed by atoms with E-state index in [0.29, 0.717) is 34.2 Å². The van der Waals surface area contributed by atoms with Crippen molar-refractivity contribution in [2.75, 3.05) is 37.4 Å². The third-order valence-electron chi connectivity index (χ3n) is 8.79. The summed E-state index contributed by atoms with van der Waals surface area (Å²) in [6.45, 7) is 9.75. The monoisotopic (exact) mass is 820 g/mol. The van der Waals surface area contributed by atoms with Crippen LogP contribution in [0.15, 0.2) is 102 Å². The van der Waals surface area contributed by atoms with Crippen molar-refractivity contribution in [1.29, 1.82) is 0 Å². The molecule has 1 aliphatic heterocycles. The van der Waals surface area contributed by atoms with Crippen LogP contribution in [0.4, 0.5) is 5.69 Å². The van der Waals surface area contributed by atoms with Gasteiger partial charge in [-0.15, -0.1) is 0 Å². The number of anilines is 1. The number of carbonyl (C=O) groups excluding carboxylic acids is 2. The summed E-state index contributed by atoms with van der Waals surface area (Å²) in [5.41, 5.74) is 2.95. The first kappa shape index (κ1) is 42.9. The van der Waals surface area contributed by atoms with Crippen LogP contribution in [0, 0.1) is 0 Å². The van der Waals surface area contributed by atoms with Crippen molar-refractivity contribution < 1.29 is 49.0 Å². The fourth-order valence-electron chi connectivity index (χ4n) is 5.82. The number of nitrogens with zero attached hydrogens (tertiary/aromatic N) is 1. The van der Waals surface area contributed by atoms with E-state index in [0.717, 1.165) is 11.0 Å². The van der Waals surface area contributed by atoms with Crippen LogP contribution < -0.4 is 19.5 Å². The lowest BCUT2D eigenvalue weighted by Crippen LogP contribution is -2.39. The second-order valence-electron chi connectivity index (χ2n) is 14.2. The lowest BCUT2D eigenvalue weighted by molar-refractivity contribution is -0.142. The van der Waals surface area contributed by atoms with E-state index in [9.17, 15) is 26.4 Å². The number of ether oxygens (including phenoxy) is 3. The van der Waals surface area contributed by atoms with Gasteiger partial charge in [0.1, 0.15) is 23.0 Å². The van der Waals surface area contributed by atoms with Crippen LogP contribution >= 0.6 is 0 Å². The smallest absolute Gasteiger partial charge is 0.313 e. The van der Waals surface area contributed by atoms with Crippen molar-refractivity contribution >= 4 is 43.8 Å². The second kappa shape index (κ2) is 18.8. The van der Waals surface area contributed by atoms with Gasteiger partial charge in [-0.25, -0.2) is 0 Å². The molecule has 2 atom stereocenters. The van der Waals surface area contributed by atoms with E-state index in [2.05, 4.69) is 26.1 Å². The molecule has 5 rings (SSSR count). The molecule has 13 nitrogen and oxygen atoms in total. The van der Waals surface area contributed by atoms with E-state index in [4.69, 9.17) is 22.6 Å². The van der Waals surface area contributed by atoms with Crippen LogP contribution in [-0.4, -0.2) is 77.8 Å². The largest absolute Gasteiger partial charge is 0.485 e. The molecule has 1 saturated heterocycles. The number of carbonyl (C=O) groups is 2. The highest BCUT2D eigenvalue weighted by Crippen LogP contribution is 2.29. The molecule has 4 aromatic rings. The molecule has 304 valence electrons. The molecular formula is C42H48N2O11S2. The van der Waals surface area contributed by atoms with Crippen LogP contribution in [0.3, 0.4) is 0 Å². The minimum atomic E-state index is -3.81. The topological polar surface area (TPSA) is 164 Å². The van der Waals surface area contributed by atoms with Crippen LogP contribution in [0.25, 0.3) is 6.08 Å². The fourth-order valence-corrected chi connectivity index (χ4v) is 7.51. The van der Waals surface area contributed by atoms with Crippen molar-refractivity contribution in [2.24, 2.45) is 0 Å². The highest BCUT2D eigenvalue weighted by atomic mass is 32.2. The molecule has 2 amide bonds. The highest BCUT2D eigenvalue weighted by molar-refractivity contribution is 7.89. The maximum absolute atomic E-state index is 13.5. The zero-order valence-electron chi connectivity index (χ0n) is 32.5. The molecule has 57 heavy (non-hydrogen) atoms. The fraction of sp³-hybridized carbons (Fsp3) is 0.333. The number of aryl methyl sites for hydroxylation is 1. The number of amides is 2. The molecule has 1 fully saturated rings. The minimum absolute atomic E-state index is 0.0179. The van der Waals surface area contributed by atoms with Crippen LogP contribution in [0.5, 0.6) is 23.0 Å². The Hall–Kier alpha value is -5.22. The number of hydrogen-bond donors (Lipinski definition) is 1. The maximum Gasteiger partial charge on any atom is 0.313 e. The van der Waals surface area contributed by atoms with Crippen molar-refractivity contribution in [2.45, 2.75) is 58.7 Å². The average molecular weight is 821 g/mol. The van der Waals surface area contributed by atoms with E-state index >= 15 is 0 Å². The predicted octanol–water partition coefficient (Wildman–Crippen LogP) is 6.70. The molecule has 1 aliphatic rings. The lowest BCUT2D eigenvalue weighted by atomic mass is 9.87. The van der Waals surface area contributed by atoms with E-state index in [1.165, 1.54) is 16.5 Å². The van der Waals surface area contributed by atoms with Crippen molar-refractivity contribution in [3.8, 4) is 23.0 Å². The third kappa shape index (κ3) is 12.9. The van der Waals surface area contributed by atoms with Gasteiger partial charge in [-0.05, 0) is 109 Å². The summed E-state index contributed by atoms with van der Waals surface area (Å²) >= 11 is 0. The molecule has 0 spiro atoms. The number of benzene rings is 4. The van der Waals surface area contributed by atoms with Crippen molar-refractivity contribution in [3.05, 3.63) is 119 Å². The summed E-state index contributed by atoms with van der Waals surface area (Å²) in [5, 5.41) is 3.63. The summed E-state index contributed by atoms with van der Waals surface area (Å²) < 4.78 is 75.8. The summed E-state index contributed by atoms with van der Waals surface area (Å²) in [5.74, 6) is 0.316. The Morgan fingerprint density at radius 3 is 1.75 bits per heavy atom. The molecule has 0 unspecified atom stereocenters. The average Bonchev–Trinajstić information content (AvgIpc) is 3.56. The molecule has 1 heterocycles. The minimum Gasteiger partial charge on any atom is -0.485 e. The zero-order valence-corrected chi connectivity index (χ0v) is 34.2. The van der Waals surface area contributed by atoms with Gasteiger partial charge >= 0.3 is 11.8 Å². The van der Waals surface area contributed by atoms with E-state index in [1.54, 1.807) is 86.6 Å². The summed E-state index contributed by atoms with van der Waals surface area (Å²) in [7, 11) is -7.44. The Morgan fingerprint density at radius 2 is 1.23 bits per heavy atom. The van der Waals surface area contributed by atoms with Gasteiger partial charge in [-0.3, -0.25) is 18.0 Å². The van der Waals surface area contributed by atoms with Crippen molar-refractivity contribution in [3.63, 3.8) is 0 Å². The summed E-state index contributed by atoms with van der Waals surface area (Å²) in [6.07, 6.45) is 0.248. The van der Waals surface area contributed by atoms with Crippen LogP contribution in [0.2, 0.25) is 0 Å². The molecule has 0 aliphatic carbocycles. The van der Waals surface area contributed by atoms with E-state index < -0.39 is 44.3 Å². The Balaban J connectivity index is 1.25. The summed E-state index contributed by atoms with van der Waals surface area (Å²) in [4.78, 5) is 28.1. The lowest BCUT2D eigenvalue weighted by Gasteiger charge is -2.21. The predicted molar refractivity (Wildman–Crippen MR) is 217 cm³/mol. The van der Waals surface area contributed by atoms with Crippen LogP contribution in [-0.2, 0) is 50.0 Å². The first-order chi connectivity index (χ1) is 27.0. The SMILES string of the molecule is CCOS(=O)(=O)/C=C/c1ccc(O[C@@H]2CN(C(=O)C(=O)Nc3ccc(Oc4ccc(C(C)(C)C)cc4)cc3)C[C@H]2Oc2ccc(CCS(=O)(=O)OCC)cc2)cc1. The quantitative estimate of drug-likeness (QED) is 0.0946. The molecule has 1 N–H and O–H groups in total. The zero-order chi connectivity index (χ0) is 41.2. The Morgan fingerprint density at radius 1 is 0.719 bits per heavy atom. The van der Waals surface area contributed by atoms with Crippen LogP contribution in [0.1, 0.15) is 51.3 Å². The molecule has 15 heteroatoms. The molecule has 4 aromatic carbocycles.